The molecule has 1 atom stereocenters. The number of nitrogens with one attached hydrogen (secondary N) is 1. The third-order valence-electron chi connectivity index (χ3n) is 4.69. The average molecular weight is 351 g/mol. The number of amides is 3. The Morgan fingerprint density at radius 3 is 2.67 bits per heavy atom. The molecule has 0 radical (unpaired) electrons. The lowest BCUT2D eigenvalue weighted by molar-refractivity contribution is -0.132. The van der Waals surface area contributed by atoms with Crippen molar-refractivity contribution in [2.45, 2.75) is 18.9 Å². The Bertz CT molecular complexity index is 616. The van der Waals surface area contributed by atoms with Crippen molar-refractivity contribution in [2.24, 2.45) is 0 Å². The van der Waals surface area contributed by atoms with E-state index in [9.17, 15) is 9.59 Å². The minimum absolute atomic E-state index is 0.0338. The van der Waals surface area contributed by atoms with Gasteiger partial charge in [0.2, 0.25) is 5.91 Å². The topological polar surface area (TPSA) is 55.9 Å². The molecule has 0 bridgehead atoms. The predicted octanol–water partition coefficient (Wildman–Crippen LogP) is 1.79. The van der Waals surface area contributed by atoms with E-state index in [-0.39, 0.29) is 18.0 Å². The lowest BCUT2D eigenvalue weighted by atomic mass is 10.1. The van der Waals surface area contributed by atoms with Crippen LogP contribution in [0.25, 0.3) is 0 Å². The van der Waals surface area contributed by atoms with E-state index in [0.29, 0.717) is 26.1 Å². The van der Waals surface area contributed by atoms with Crippen molar-refractivity contribution < 1.29 is 9.59 Å². The first-order chi connectivity index (χ1) is 11.5. The van der Waals surface area contributed by atoms with Gasteiger partial charge in [-0.25, -0.2) is 4.79 Å². The first-order valence-corrected chi connectivity index (χ1v) is 8.70. The first-order valence-electron chi connectivity index (χ1n) is 8.33. The number of carbonyl (C=O) groups excluding carboxylic acids is 2. The maximum atomic E-state index is 12.4. The van der Waals surface area contributed by atoms with Crippen LogP contribution in [0.4, 0.5) is 10.5 Å². The monoisotopic (exact) mass is 350 g/mol. The van der Waals surface area contributed by atoms with Crippen LogP contribution < -0.4 is 10.2 Å². The van der Waals surface area contributed by atoms with Gasteiger partial charge in [-0.1, -0.05) is 17.7 Å². The number of piperazine rings is 1. The largest absolute Gasteiger partial charge is 0.368 e. The van der Waals surface area contributed by atoms with Gasteiger partial charge in [0.05, 0.1) is 0 Å². The fraction of sp³-hybridized carbons (Fsp3) is 0.529. The standard InChI is InChI=1S/C17H23ClN4O2/c1-20-12-14(5-6-16(20)23)19-17(24)22-9-7-21(8-10-22)15-4-2-3-13(18)11-15/h2-4,11,14H,5-10,12H2,1H3,(H,19,24)/t14-/m1/s1. The number of anilines is 1. The van der Waals surface area contributed by atoms with Crippen LogP contribution in [0.2, 0.25) is 5.02 Å². The van der Waals surface area contributed by atoms with Gasteiger partial charge in [-0.15, -0.1) is 0 Å². The van der Waals surface area contributed by atoms with Gasteiger partial charge in [0.25, 0.3) is 0 Å². The van der Waals surface area contributed by atoms with E-state index in [1.54, 1.807) is 11.9 Å². The van der Waals surface area contributed by atoms with Crippen molar-refractivity contribution in [2.75, 3.05) is 44.7 Å². The number of urea groups is 1. The summed E-state index contributed by atoms with van der Waals surface area (Å²) in [4.78, 5) is 29.7. The van der Waals surface area contributed by atoms with E-state index in [1.807, 2.05) is 29.2 Å². The molecule has 0 aromatic heterocycles. The van der Waals surface area contributed by atoms with Crippen molar-refractivity contribution in [3.63, 3.8) is 0 Å². The summed E-state index contributed by atoms with van der Waals surface area (Å²) >= 11 is 6.04. The second-order valence-corrected chi connectivity index (χ2v) is 6.85. The van der Waals surface area contributed by atoms with Gasteiger partial charge < -0.3 is 20.0 Å². The fourth-order valence-electron chi connectivity index (χ4n) is 3.24. The van der Waals surface area contributed by atoms with Gasteiger partial charge in [-0.05, 0) is 24.6 Å². The number of likely N-dealkylation sites (tertiary alicyclic amines) is 1. The molecule has 3 amide bonds. The number of hydrogen-bond acceptors (Lipinski definition) is 3. The van der Waals surface area contributed by atoms with Gasteiger partial charge in [0.15, 0.2) is 0 Å². The molecule has 7 heteroatoms. The molecule has 2 fully saturated rings. The van der Waals surface area contributed by atoms with Crippen LogP contribution >= 0.6 is 11.6 Å². The summed E-state index contributed by atoms with van der Waals surface area (Å²) in [5.41, 5.74) is 1.09. The third-order valence-corrected chi connectivity index (χ3v) is 4.93. The zero-order valence-corrected chi connectivity index (χ0v) is 14.6. The summed E-state index contributed by atoms with van der Waals surface area (Å²) in [5.74, 6) is 0.149. The molecule has 0 spiro atoms. The minimum atomic E-state index is -0.0338. The Balaban J connectivity index is 1.49. The lowest BCUT2D eigenvalue weighted by Gasteiger charge is -2.37. The van der Waals surface area contributed by atoms with Gasteiger partial charge in [0.1, 0.15) is 0 Å². The third kappa shape index (κ3) is 3.93. The molecule has 0 saturated carbocycles. The molecule has 0 aliphatic carbocycles. The number of carbonyl (C=O) groups is 2. The summed E-state index contributed by atoms with van der Waals surface area (Å²) < 4.78 is 0. The Hall–Kier alpha value is -1.95. The van der Waals surface area contributed by atoms with Crippen LogP contribution in [0.5, 0.6) is 0 Å². The highest BCUT2D eigenvalue weighted by Crippen LogP contribution is 2.21. The van der Waals surface area contributed by atoms with E-state index in [4.69, 9.17) is 11.6 Å². The molecule has 2 aliphatic rings. The van der Waals surface area contributed by atoms with Crippen LogP contribution in [-0.2, 0) is 4.79 Å². The van der Waals surface area contributed by atoms with E-state index >= 15 is 0 Å². The van der Waals surface area contributed by atoms with E-state index < -0.39 is 0 Å². The number of nitrogens with zero attached hydrogens (tertiary/aromatic N) is 3. The van der Waals surface area contributed by atoms with Crippen molar-refractivity contribution in [3.8, 4) is 0 Å². The van der Waals surface area contributed by atoms with E-state index in [1.165, 1.54) is 0 Å². The van der Waals surface area contributed by atoms with Crippen molar-refractivity contribution in [1.29, 1.82) is 0 Å². The summed E-state index contributed by atoms with van der Waals surface area (Å²) in [6, 6.07) is 7.81. The highest BCUT2D eigenvalue weighted by molar-refractivity contribution is 6.30. The average Bonchev–Trinajstić information content (AvgIpc) is 2.58. The lowest BCUT2D eigenvalue weighted by Crippen LogP contribution is -2.56. The first kappa shape index (κ1) is 16.9. The molecular weight excluding hydrogens is 328 g/mol. The van der Waals surface area contributed by atoms with Gasteiger partial charge in [-0.2, -0.15) is 0 Å². The fourth-order valence-corrected chi connectivity index (χ4v) is 3.42. The molecule has 6 nitrogen and oxygen atoms in total. The molecule has 3 rings (SSSR count). The van der Waals surface area contributed by atoms with Crippen LogP contribution in [0, 0.1) is 0 Å². The van der Waals surface area contributed by atoms with Crippen LogP contribution in [0.3, 0.4) is 0 Å². The summed E-state index contributed by atoms with van der Waals surface area (Å²) in [6.07, 6.45) is 1.22. The summed E-state index contributed by atoms with van der Waals surface area (Å²) in [6.45, 7) is 3.53. The number of halogens is 1. The molecule has 0 unspecified atom stereocenters. The van der Waals surface area contributed by atoms with Crippen molar-refractivity contribution in [1.82, 2.24) is 15.1 Å². The number of rotatable bonds is 2. The summed E-state index contributed by atoms with van der Waals surface area (Å²) in [5, 5.41) is 3.78. The van der Waals surface area contributed by atoms with Crippen LogP contribution in [0.15, 0.2) is 24.3 Å². The molecule has 2 aliphatic heterocycles. The maximum absolute atomic E-state index is 12.4. The highest BCUT2D eigenvalue weighted by Gasteiger charge is 2.27. The Labute approximate surface area is 147 Å². The molecule has 2 heterocycles. The molecule has 2 saturated heterocycles. The molecule has 1 N–H and O–H groups in total. The molecular formula is C17H23ClN4O2. The van der Waals surface area contributed by atoms with Gasteiger partial charge >= 0.3 is 6.03 Å². The number of piperidine rings is 1. The van der Waals surface area contributed by atoms with Crippen LogP contribution in [-0.4, -0.2) is 67.6 Å². The SMILES string of the molecule is CN1C[C@H](NC(=O)N2CCN(c3cccc(Cl)c3)CC2)CCC1=O. The second kappa shape index (κ2) is 7.30. The minimum Gasteiger partial charge on any atom is -0.368 e. The molecule has 1 aromatic carbocycles. The number of benzene rings is 1. The summed E-state index contributed by atoms with van der Waals surface area (Å²) in [7, 11) is 1.78. The smallest absolute Gasteiger partial charge is 0.317 e. The normalized spacial score (nSPS) is 21.8. The number of likely N-dealkylation sites (N-methyl/N-ethyl adjacent to an activating group) is 1. The zero-order chi connectivity index (χ0) is 17.1. The van der Waals surface area contributed by atoms with E-state index in [2.05, 4.69) is 10.2 Å². The molecule has 24 heavy (non-hydrogen) atoms. The second-order valence-electron chi connectivity index (χ2n) is 6.41. The highest BCUT2D eigenvalue weighted by atomic mass is 35.5. The van der Waals surface area contributed by atoms with E-state index in [0.717, 1.165) is 30.2 Å². The predicted molar refractivity (Wildman–Crippen MR) is 94.4 cm³/mol. The Kier molecular flexibility index (Phi) is 5.14. The van der Waals surface area contributed by atoms with Crippen molar-refractivity contribution in [3.05, 3.63) is 29.3 Å². The Morgan fingerprint density at radius 1 is 1.25 bits per heavy atom. The molecule has 130 valence electrons. The number of hydrogen-bond donors (Lipinski definition) is 1. The maximum Gasteiger partial charge on any atom is 0.317 e. The zero-order valence-electron chi connectivity index (χ0n) is 13.9. The van der Waals surface area contributed by atoms with Gasteiger partial charge in [-0.3, -0.25) is 4.79 Å². The quantitative estimate of drug-likeness (QED) is 0.884. The molecule has 1 aromatic rings. The van der Waals surface area contributed by atoms with Crippen LogP contribution in [0.1, 0.15) is 12.8 Å². The van der Waals surface area contributed by atoms with Crippen molar-refractivity contribution >= 4 is 29.2 Å². The van der Waals surface area contributed by atoms with Gasteiger partial charge in [0, 0.05) is 62.9 Å². The Morgan fingerprint density at radius 2 is 2.00 bits per heavy atom.